The number of rotatable bonds is 3. The maximum Gasteiger partial charge on any atom is 0.173 e. The van der Waals surface area contributed by atoms with Crippen LogP contribution in [-0.4, -0.2) is 26.3 Å². The van der Waals surface area contributed by atoms with Crippen LogP contribution in [0.2, 0.25) is 0 Å². The van der Waals surface area contributed by atoms with E-state index >= 15 is 0 Å². The zero-order valence-electron chi connectivity index (χ0n) is 9.85. The second kappa shape index (κ2) is 4.88. The highest BCUT2D eigenvalue weighted by Crippen LogP contribution is 2.26. The van der Waals surface area contributed by atoms with Crippen molar-refractivity contribution in [3.05, 3.63) is 11.5 Å². The van der Waals surface area contributed by atoms with Crippen LogP contribution in [-0.2, 0) is 9.84 Å². The van der Waals surface area contributed by atoms with Crippen molar-refractivity contribution < 1.29 is 8.42 Å². The van der Waals surface area contributed by atoms with Crippen molar-refractivity contribution in [3.63, 3.8) is 0 Å². The first kappa shape index (κ1) is 12.1. The van der Waals surface area contributed by atoms with E-state index < -0.39 is 9.84 Å². The van der Waals surface area contributed by atoms with Gasteiger partial charge >= 0.3 is 0 Å². The highest BCUT2D eigenvalue weighted by Gasteiger charge is 2.26. The quantitative estimate of drug-likeness (QED) is 0.823. The van der Waals surface area contributed by atoms with Gasteiger partial charge in [-0.25, -0.2) is 8.42 Å². The Kier molecular flexibility index (Phi) is 3.70. The van der Waals surface area contributed by atoms with Gasteiger partial charge in [0.15, 0.2) is 9.84 Å². The smallest absolute Gasteiger partial charge is 0.173 e. The molecule has 2 rings (SSSR count). The Morgan fingerprint density at radius 3 is 2.50 bits per heavy atom. The molecule has 2 aliphatic rings. The molecule has 0 aromatic carbocycles. The van der Waals surface area contributed by atoms with Gasteiger partial charge in [0.1, 0.15) is 0 Å². The standard InChI is InChI=1S/C12H21NO2S/c1-10(11-5-3-2-4-6-11)13-12-7-8-16(14,15)9-12/h7-8,10-13H,2-6,9H2,1H3. The molecule has 0 spiro atoms. The minimum Gasteiger partial charge on any atom is -0.307 e. The average molecular weight is 243 g/mol. The summed E-state index contributed by atoms with van der Waals surface area (Å²) in [5.74, 6) is 0.967. The van der Waals surface area contributed by atoms with Crippen LogP contribution < -0.4 is 5.32 Å². The van der Waals surface area contributed by atoms with Crippen molar-refractivity contribution in [2.75, 3.05) is 5.75 Å². The zero-order valence-corrected chi connectivity index (χ0v) is 10.7. The third kappa shape index (κ3) is 3.08. The van der Waals surface area contributed by atoms with Gasteiger partial charge in [-0.3, -0.25) is 0 Å². The van der Waals surface area contributed by atoms with E-state index in [1.807, 2.05) is 0 Å². The first-order chi connectivity index (χ1) is 7.57. The minimum atomic E-state index is -2.91. The van der Waals surface area contributed by atoms with E-state index in [0.717, 1.165) is 5.92 Å². The number of hydrogen-bond acceptors (Lipinski definition) is 3. The summed E-state index contributed by atoms with van der Waals surface area (Å²) in [6.45, 7) is 2.19. The normalized spacial score (nSPS) is 31.7. The molecule has 1 aliphatic heterocycles. The first-order valence-corrected chi connectivity index (χ1v) is 7.95. The summed E-state index contributed by atoms with van der Waals surface area (Å²) in [4.78, 5) is 0. The molecule has 4 heteroatoms. The molecule has 3 nitrogen and oxygen atoms in total. The van der Waals surface area contributed by atoms with E-state index in [1.54, 1.807) is 6.08 Å². The summed E-state index contributed by atoms with van der Waals surface area (Å²) in [5.41, 5.74) is 0. The van der Waals surface area contributed by atoms with Gasteiger partial charge < -0.3 is 5.32 Å². The molecule has 1 N–H and O–H groups in total. The fourth-order valence-corrected chi connectivity index (χ4v) is 4.04. The fraction of sp³-hybridized carbons (Fsp3) is 0.833. The summed E-state index contributed by atoms with van der Waals surface area (Å²) in [7, 11) is -2.91. The predicted octanol–water partition coefficient (Wildman–Crippen LogP) is 1.86. The van der Waals surface area contributed by atoms with E-state index in [0.29, 0.717) is 6.04 Å². The first-order valence-electron chi connectivity index (χ1n) is 6.24. The van der Waals surface area contributed by atoms with Crippen LogP contribution in [0.4, 0.5) is 0 Å². The highest BCUT2D eigenvalue weighted by atomic mass is 32.2. The van der Waals surface area contributed by atoms with Gasteiger partial charge in [-0.1, -0.05) is 25.3 Å². The van der Waals surface area contributed by atoms with Crippen molar-refractivity contribution in [2.24, 2.45) is 5.92 Å². The fourth-order valence-electron chi connectivity index (χ4n) is 2.79. The van der Waals surface area contributed by atoms with Gasteiger partial charge in [-0.2, -0.15) is 0 Å². The molecule has 1 fully saturated rings. The maximum absolute atomic E-state index is 11.3. The molecule has 0 saturated heterocycles. The van der Waals surface area contributed by atoms with Crippen molar-refractivity contribution in [2.45, 2.75) is 51.1 Å². The summed E-state index contributed by atoms with van der Waals surface area (Å²) >= 11 is 0. The molecule has 1 saturated carbocycles. The SMILES string of the molecule is CC(NC1C=CS(=O)(=O)C1)C1CCCCC1. The Balaban J connectivity index is 1.83. The molecule has 0 radical (unpaired) electrons. The summed E-state index contributed by atoms with van der Waals surface area (Å²) in [6.07, 6.45) is 8.38. The Morgan fingerprint density at radius 1 is 1.25 bits per heavy atom. The van der Waals surface area contributed by atoms with Crippen LogP contribution in [0.3, 0.4) is 0 Å². The minimum absolute atomic E-state index is 0.0296. The van der Waals surface area contributed by atoms with Gasteiger partial charge in [0.25, 0.3) is 0 Å². The predicted molar refractivity (Wildman–Crippen MR) is 65.9 cm³/mol. The third-order valence-electron chi connectivity index (χ3n) is 3.76. The Bertz CT molecular complexity index is 355. The Hall–Kier alpha value is -0.350. The van der Waals surface area contributed by atoms with Gasteiger partial charge in [0.2, 0.25) is 0 Å². The molecule has 2 atom stereocenters. The lowest BCUT2D eigenvalue weighted by Crippen LogP contribution is -2.42. The second-order valence-electron chi connectivity index (χ2n) is 5.12. The molecule has 0 amide bonds. The molecular formula is C12H21NO2S. The number of hydrogen-bond donors (Lipinski definition) is 1. The van der Waals surface area contributed by atoms with Crippen LogP contribution >= 0.6 is 0 Å². The monoisotopic (exact) mass is 243 g/mol. The van der Waals surface area contributed by atoms with Gasteiger partial charge in [-0.05, 0) is 25.7 Å². The van der Waals surface area contributed by atoms with E-state index in [9.17, 15) is 8.42 Å². The van der Waals surface area contributed by atoms with Crippen LogP contribution in [0.15, 0.2) is 11.5 Å². The van der Waals surface area contributed by atoms with Crippen LogP contribution in [0.1, 0.15) is 39.0 Å². The Morgan fingerprint density at radius 2 is 1.94 bits per heavy atom. The Labute approximate surface area is 98.2 Å². The van der Waals surface area contributed by atoms with Crippen molar-refractivity contribution in [1.82, 2.24) is 5.32 Å². The van der Waals surface area contributed by atoms with Gasteiger partial charge in [0.05, 0.1) is 5.75 Å². The van der Waals surface area contributed by atoms with Gasteiger partial charge in [0, 0.05) is 17.5 Å². The van der Waals surface area contributed by atoms with E-state index in [4.69, 9.17) is 0 Å². The van der Waals surface area contributed by atoms with Crippen molar-refractivity contribution in [3.8, 4) is 0 Å². The van der Waals surface area contributed by atoms with Crippen molar-refractivity contribution in [1.29, 1.82) is 0 Å². The lowest BCUT2D eigenvalue weighted by atomic mass is 9.84. The zero-order chi connectivity index (χ0) is 11.6. The van der Waals surface area contributed by atoms with Crippen LogP contribution in [0, 0.1) is 5.92 Å². The van der Waals surface area contributed by atoms with E-state index in [2.05, 4.69) is 12.2 Å². The molecule has 1 heterocycles. The lowest BCUT2D eigenvalue weighted by molar-refractivity contribution is 0.276. The molecule has 0 aromatic rings. The summed E-state index contributed by atoms with van der Waals surface area (Å²) in [6, 6.07) is 0.463. The van der Waals surface area contributed by atoms with Crippen LogP contribution in [0.5, 0.6) is 0 Å². The molecule has 1 aliphatic carbocycles. The topological polar surface area (TPSA) is 46.2 Å². The van der Waals surface area contributed by atoms with Crippen LogP contribution in [0.25, 0.3) is 0 Å². The molecular weight excluding hydrogens is 222 g/mol. The molecule has 2 unspecified atom stereocenters. The van der Waals surface area contributed by atoms with E-state index in [-0.39, 0.29) is 11.8 Å². The number of nitrogens with one attached hydrogen (secondary N) is 1. The highest BCUT2D eigenvalue weighted by molar-refractivity contribution is 7.94. The third-order valence-corrected chi connectivity index (χ3v) is 5.16. The molecule has 0 bridgehead atoms. The number of sulfone groups is 1. The second-order valence-corrected chi connectivity index (χ2v) is 7.05. The van der Waals surface area contributed by atoms with Gasteiger partial charge in [-0.15, -0.1) is 0 Å². The molecule has 92 valence electrons. The summed E-state index contributed by atoms with van der Waals surface area (Å²) < 4.78 is 22.5. The summed E-state index contributed by atoms with van der Waals surface area (Å²) in [5, 5.41) is 4.78. The van der Waals surface area contributed by atoms with E-state index in [1.165, 1.54) is 37.5 Å². The van der Waals surface area contributed by atoms with Crippen molar-refractivity contribution >= 4 is 9.84 Å². The lowest BCUT2D eigenvalue weighted by Gasteiger charge is -2.30. The molecule has 0 aromatic heterocycles. The molecule has 16 heavy (non-hydrogen) atoms. The maximum atomic E-state index is 11.3. The largest absolute Gasteiger partial charge is 0.307 e. The average Bonchev–Trinajstić information content (AvgIpc) is 2.59.